The molecule has 2 atom stereocenters. The van der Waals surface area contributed by atoms with E-state index in [-0.39, 0.29) is 6.10 Å². The smallest absolute Gasteiger partial charge is 0.323 e. The Hall–Kier alpha value is -1.32. The Morgan fingerprint density at radius 2 is 1.67 bits per heavy atom. The van der Waals surface area contributed by atoms with Gasteiger partial charge in [0, 0.05) is 6.66 Å². The fourth-order valence-electron chi connectivity index (χ4n) is 1.45. The van der Waals surface area contributed by atoms with E-state index >= 15 is 0 Å². The average Bonchev–Trinajstić information content (AvgIpc) is 2.40. The van der Waals surface area contributed by atoms with Crippen molar-refractivity contribution < 1.29 is 18.6 Å². The van der Waals surface area contributed by atoms with Gasteiger partial charge in [0.1, 0.15) is 11.8 Å². The van der Waals surface area contributed by atoms with Crippen molar-refractivity contribution in [1.29, 1.82) is 0 Å². The van der Waals surface area contributed by atoms with Crippen molar-refractivity contribution in [3.05, 3.63) is 30.3 Å². The molecule has 0 spiro atoms. The number of benzene rings is 1. The first-order valence-electron chi connectivity index (χ1n) is 7.10. The molecule has 1 aromatic rings. The lowest BCUT2D eigenvalue weighted by Crippen LogP contribution is -2.35. The van der Waals surface area contributed by atoms with E-state index in [9.17, 15) is 9.36 Å². The van der Waals surface area contributed by atoms with E-state index < -0.39 is 19.5 Å². The van der Waals surface area contributed by atoms with Crippen molar-refractivity contribution >= 4 is 13.5 Å². The second-order valence-electron chi connectivity index (χ2n) is 4.59. The molecule has 0 fully saturated rings. The molecule has 1 rings (SSSR count). The summed E-state index contributed by atoms with van der Waals surface area (Å²) in [5.74, 6) is 0.0407. The number of hydrogen-bond donors (Lipinski definition) is 1. The SMILES string of the molecule is CC.CC(C)OC(=O)[C@H](C)NP(C)(=O)Oc1ccccc1. The number of para-hydroxylation sites is 1. The third-order valence-corrected chi connectivity index (χ3v) is 3.57. The predicted molar refractivity (Wildman–Crippen MR) is 85.8 cm³/mol. The second-order valence-corrected chi connectivity index (χ2v) is 6.72. The van der Waals surface area contributed by atoms with Crippen molar-refractivity contribution in [1.82, 2.24) is 5.09 Å². The minimum atomic E-state index is -3.12. The summed E-state index contributed by atoms with van der Waals surface area (Å²) in [6, 6.07) is 8.12. The Bertz CT molecular complexity index is 462. The van der Waals surface area contributed by atoms with Gasteiger partial charge in [0.05, 0.1) is 6.10 Å². The summed E-state index contributed by atoms with van der Waals surface area (Å²) in [6.07, 6.45) is -0.206. The number of nitrogens with one attached hydrogen (secondary N) is 1. The largest absolute Gasteiger partial charge is 0.462 e. The monoisotopic (exact) mass is 315 g/mol. The summed E-state index contributed by atoms with van der Waals surface area (Å²) < 4.78 is 22.6. The fraction of sp³-hybridized carbons (Fsp3) is 0.533. The van der Waals surface area contributed by atoms with Gasteiger partial charge in [-0.2, -0.15) is 0 Å². The highest BCUT2D eigenvalue weighted by Crippen LogP contribution is 2.39. The Balaban J connectivity index is 0.00000191. The second kappa shape index (κ2) is 9.59. The fourth-order valence-corrected chi connectivity index (χ4v) is 2.83. The number of carbonyl (C=O) groups excluding carboxylic acids is 1. The van der Waals surface area contributed by atoms with Gasteiger partial charge in [-0.3, -0.25) is 9.36 Å². The van der Waals surface area contributed by atoms with Crippen LogP contribution in [0.5, 0.6) is 5.75 Å². The van der Waals surface area contributed by atoms with Crippen LogP contribution in [0.4, 0.5) is 0 Å². The predicted octanol–water partition coefficient (Wildman–Crippen LogP) is 3.84. The van der Waals surface area contributed by atoms with Gasteiger partial charge in [0.15, 0.2) is 0 Å². The van der Waals surface area contributed by atoms with Crippen LogP contribution in [0.1, 0.15) is 34.6 Å². The molecule has 5 nitrogen and oxygen atoms in total. The van der Waals surface area contributed by atoms with Crippen molar-refractivity contribution in [3.8, 4) is 5.75 Å². The topological polar surface area (TPSA) is 64.6 Å². The molecule has 0 heterocycles. The zero-order chi connectivity index (χ0) is 16.5. The molecule has 0 saturated heterocycles. The van der Waals surface area contributed by atoms with Gasteiger partial charge in [0.25, 0.3) is 0 Å². The van der Waals surface area contributed by atoms with Crippen molar-refractivity contribution in [2.75, 3.05) is 6.66 Å². The normalized spacial score (nSPS) is 14.4. The van der Waals surface area contributed by atoms with Crippen LogP contribution in [0.3, 0.4) is 0 Å². The minimum Gasteiger partial charge on any atom is -0.462 e. The van der Waals surface area contributed by atoms with E-state index in [2.05, 4.69) is 5.09 Å². The first-order chi connectivity index (χ1) is 9.80. The van der Waals surface area contributed by atoms with E-state index in [0.717, 1.165) is 0 Å². The number of esters is 1. The van der Waals surface area contributed by atoms with Crippen molar-refractivity contribution in [3.63, 3.8) is 0 Å². The minimum absolute atomic E-state index is 0.206. The highest BCUT2D eigenvalue weighted by molar-refractivity contribution is 7.56. The van der Waals surface area contributed by atoms with E-state index in [0.29, 0.717) is 5.75 Å². The third kappa shape index (κ3) is 8.53. The van der Waals surface area contributed by atoms with Gasteiger partial charge < -0.3 is 9.26 Å². The molecule has 0 aliphatic rings. The van der Waals surface area contributed by atoms with Crippen LogP contribution >= 0.6 is 7.52 Å². The first kappa shape index (κ1) is 19.7. The Morgan fingerprint density at radius 1 is 1.14 bits per heavy atom. The maximum Gasteiger partial charge on any atom is 0.323 e. The van der Waals surface area contributed by atoms with E-state index in [1.807, 2.05) is 19.9 Å². The molecule has 0 radical (unpaired) electrons. The lowest BCUT2D eigenvalue weighted by atomic mass is 10.3. The van der Waals surface area contributed by atoms with Gasteiger partial charge in [-0.25, -0.2) is 5.09 Å². The zero-order valence-corrected chi connectivity index (χ0v) is 14.5. The van der Waals surface area contributed by atoms with Crippen LogP contribution in [0, 0.1) is 0 Å². The van der Waals surface area contributed by atoms with Crippen LogP contribution < -0.4 is 9.61 Å². The molecule has 0 saturated carbocycles. The van der Waals surface area contributed by atoms with Gasteiger partial charge >= 0.3 is 13.5 Å². The summed E-state index contributed by atoms with van der Waals surface area (Å²) >= 11 is 0. The molecule has 1 unspecified atom stereocenters. The first-order valence-corrected chi connectivity index (χ1v) is 9.18. The quantitative estimate of drug-likeness (QED) is 0.638. The van der Waals surface area contributed by atoms with Crippen molar-refractivity contribution in [2.45, 2.75) is 46.8 Å². The summed E-state index contributed by atoms with van der Waals surface area (Å²) in [4.78, 5) is 11.6. The van der Waals surface area contributed by atoms with E-state index in [4.69, 9.17) is 9.26 Å². The molecule has 120 valence electrons. The van der Waals surface area contributed by atoms with Crippen LogP contribution in [0.2, 0.25) is 0 Å². The highest BCUT2D eigenvalue weighted by atomic mass is 31.2. The van der Waals surface area contributed by atoms with E-state index in [1.54, 1.807) is 45.0 Å². The van der Waals surface area contributed by atoms with Crippen LogP contribution in [0.25, 0.3) is 0 Å². The molecule has 0 aliphatic carbocycles. The summed E-state index contributed by atoms with van der Waals surface area (Å²) in [6.45, 7) is 10.5. The van der Waals surface area contributed by atoms with Crippen LogP contribution in [0.15, 0.2) is 30.3 Å². The third-order valence-electron chi connectivity index (χ3n) is 2.16. The van der Waals surface area contributed by atoms with Crippen LogP contribution in [-0.4, -0.2) is 24.8 Å². The molecule has 0 aliphatic heterocycles. The Kier molecular flexibility index (Phi) is 8.98. The molecular formula is C15H26NO4P. The van der Waals surface area contributed by atoms with Gasteiger partial charge in [-0.1, -0.05) is 32.0 Å². The summed E-state index contributed by atoms with van der Waals surface area (Å²) in [7, 11) is -3.12. The summed E-state index contributed by atoms with van der Waals surface area (Å²) in [5.41, 5.74) is 0. The molecule has 0 aromatic heterocycles. The maximum absolute atomic E-state index is 12.2. The van der Waals surface area contributed by atoms with Crippen LogP contribution in [-0.2, 0) is 14.1 Å². The molecular weight excluding hydrogens is 289 g/mol. The molecule has 21 heavy (non-hydrogen) atoms. The molecule has 6 heteroatoms. The van der Waals surface area contributed by atoms with Crippen molar-refractivity contribution in [2.24, 2.45) is 0 Å². The Labute approximate surface area is 127 Å². The number of ether oxygens (including phenoxy) is 1. The highest BCUT2D eigenvalue weighted by Gasteiger charge is 2.25. The average molecular weight is 315 g/mol. The standard InChI is InChI=1S/C13H20NO4P.C2H6/c1-10(2)17-13(15)11(3)14-19(4,16)18-12-8-6-5-7-9-12;1-2/h5-11H,1-4H3,(H,14,16);1-2H3/t11-,19?;/m0./s1. The van der Waals surface area contributed by atoms with Gasteiger partial charge in [-0.15, -0.1) is 0 Å². The molecule has 1 N–H and O–H groups in total. The molecule has 0 bridgehead atoms. The lowest BCUT2D eigenvalue weighted by molar-refractivity contribution is -0.149. The molecule has 0 amide bonds. The van der Waals surface area contributed by atoms with Gasteiger partial charge in [-0.05, 0) is 32.9 Å². The lowest BCUT2D eigenvalue weighted by Gasteiger charge is -2.21. The Morgan fingerprint density at radius 3 is 2.14 bits per heavy atom. The number of rotatable bonds is 6. The maximum atomic E-state index is 12.2. The number of hydrogen-bond acceptors (Lipinski definition) is 4. The van der Waals surface area contributed by atoms with Gasteiger partial charge in [0.2, 0.25) is 0 Å². The zero-order valence-electron chi connectivity index (χ0n) is 13.6. The molecule has 1 aromatic carbocycles. The summed E-state index contributed by atoms with van der Waals surface area (Å²) in [5, 5.41) is 2.67. The van der Waals surface area contributed by atoms with E-state index in [1.165, 1.54) is 6.66 Å². The number of carbonyl (C=O) groups is 1.